The summed E-state index contributed by atoms with van der Waals surface area (Å²) in [5, 5.41) is 53.4. The maximum Gasteiger partial charge on any atom is 0.308 e. The smallest absolute Gasteiger partial charge is 0.308 e. The third-order valence-corrected chi connectivity index (χ3v) is 13.2. The summed E-state index contributed by atoms with van der Waals surface area (Å²) in [7, 11) is 5.32. The van der Waals surface area contributed by atoms with Crippen molar-refractivity contribution in [2.24, 2.45) is 23.7 Å². The molecule has 0 spiro atoms. The van der Waals surface area contributed by atoms with Crippen molar-refractivity contribution in [1.82, 2.24) is 24.8 Å². The summed E-state index contributed by atoms with van der Waals surface area (Å²) < 4.78 is 43.0. The van der Waals surface area contributed by atoms with Gasteiger partial charge in [0.2, 0.25) is 0 Å². The van der Waals surface area contributed by atoms with Crippen LogP contribution in [0.1, 0.15) is 93.7 Å². The zero-order valence-electron chi connectivity index (χ0n) is 42.2. The Hall–Kier alpha value is -4.19. The van der Waals surface area contributed by atoms with Crippen LogP contribution in [0.15, 0.2) is 30.0 Å². The van der Waals surface area contributed by atoms with E-state index in [0.29, 0.717) is 37.2 Å². The summed E-state index contributed by atoms with van der Waals surface area (Å²) in [4.78, 5) is 67.4. The number of esters is 4. The number of aliphatic hydroxyl groups is 4. The Morgan fingerprint density at radius 1 is 0.855 bits per heavy atom. The van der Waals surface area contributed by atoms with E-state index in [1.807, 2.05) is 25.8 Å². The number of cyclic esters (lactones) is 1. The van der Waals surface area contributed by atoms with E-state index < -0.39 is 133 Å². The number of ketones is 1. The van der Waals surface area contributed by atoms with Gasteiger partial charge in [-0.3, -0.25) is 24.0 Å². The molecule has 0 aliphatic carbocycles. The standard InChI is InChI=1S/C48H77N5O16/c1-13-38-34(24-54)18-25(2)14-15-36(58)26(3)19-33(44(27(4)37(59)20-40(60)68-38)69-48-43(62)41(51(10)11)42(61)28(5)64-48)16-17-52(12)21-35-22-53(50-49-35)23-39-46(66-31(8)56)47(67-32(9)57)45(29(6)63-39)65-30(7)55/h14-15,18,22,26-29,33-34,37-39,41-48,54,59,61-62H,13,16-17,19-21,23-24H2,1-12H3/b15-14+,25-18+/t26-,27+,28-,29-,33+,34-,37-,38-,39?,41?,42-,43?,44-,45+,46-,47-,48+/m1/s1. The van der Waals surface area contributed by atoms with Gasteiger partial charge in [-0.05, 0) is 79.7 Å². The van der Waals surface area contributed by atoms with E-state index in [0.717, 1.165) is 0 Å². The Balaban J connectivity index is 1.64. The normalized spacial score (nSPS) is 36.6. The van der Waals surface area contributed by atoms with Gasteiger partial charge in [-0.2, -0.15) is 0 Å². The number of likely N-dealkylation sites (N-methyl/N-ethyl adjacent to an activating group) is 1. The van der Waals surface area contributed by atoms with Crippen LogP contribution in [-0.4, -0.2) is 189 Å². The number of ether oxygens (including phenoxy) is 7. The average Bonchev–Trinajstić information content (AvgIpc) is 3.70. The molecule has 390 valence electrons. The van der Waals surface area contributed by atoms with Crippen LogP contribution in [0.2, 0.25) is 0 Å². The molecule has 4 N–H and O–H groups in total. The molecule has 0 amide bonds. The monoisotopic (exact) mass is 980 g/mol. The zero-order chi connectivity index (χ0) is 51.4. The van der Waals surface area contributed by atoms with Crippen LogP contribution in [0.3, 0.4) is 0 Å². The summed E-state index contributed by atoms with van der Waals surface area (Å²) in [5.74, 6) is -5.17. The number of carbonyl (C=O) groups is 5. The minimum Gasteiger partial charge on any atom is -0.462 e. The predicted molar refractivity (Wildman–Crippen MR) is 246 cm³/mol. The lowest BCUT2D eigenvalue weighted by molar-refractivity contribution is -0.304. The van der Waals surface area contributed by atoms with Crippen molar-refractivity contribution in [2.75, 3.05) is 34.3 Å². The van der Waals surface area contributed by atoms with Crippen molar-refractivity contribution in [3.8, 4) is 0 Å². The summed E-state index contributed by atoms with van der Waals surface area (Å²) in [5.41, 5.74) is 1.25. The highest BCUT2D eigenvalue weighted by molar-refractivity contribution is 5.91. The van der Waals surface area contributed by atoms with Gasteiger partial charge in [0.1, 0.15) is 18.3 Å². The van der Waals surface area contributed by atoms with Gasteiger partial charge < -0.3 is 63.4 Å². The quantitative estimate of drug-likeness (QED) is 0.143. The molecular weight excluding hydrogens is 903 g/mol. The highest BCUT2D eigenvalue weighted by Crippen LogP contribution is 2.35. The van der Waals surface area contributed by atoms with E-state index in [2.05, 4.69) is 10.3 Å². The van der Waals surface area contributed by atoms with E-state index in [-0.39, 0.29) is 25.4 Å². The van der Waals surface area contributed by atoms with Crippen LogP contribution >= 0.6 is 0 Å². The first kappa shape index (κ1) is 57.4. The van der Waals surface area contributed by atoms with E-state index in [9.17, 15) is 44.4 Å². The fraction of sp³-hybridized carbons (Fsp3) is 0.771. The fourth-order valence-electron chi connectivity index (χ4n) is 9.54. The molecule has 0 radical (unpaired) electrons. The van der Waals surface area contributed by atoms with Crippen LogP contribution in [0.5, 0.6) is 0 Å². The lowest BCUT2D eigenvalue weighted by Gasteiger charge is -2.46. The van der Waals surface area contributed by atoms with Crippen molar-refractivity contribution >= 4 is 29.7 Å². The second-order valence-corrected chi connectivity index (χ2v) is 19.3. The molecule has 0 saturated carbocycles. The second kappa shape index (κ2) is 26.3. The molecule has 0 aromatic carbocycles. The number of nitrogens with zero attached hydrogens (tertiary/aromatic N) is 5. The number of rotatable bonds is 15. The van der Waals surface area contributed by atoms with Gasteiger partial charge in [0.15, 0.2) is 30.4 Å². The molecule has 17 atom stereocenters. The van der Waals surface area contributed by atoms with Gasteiger partial charge in [0.05, 0.1) is 61.8 Å². The second-order valence-electron chi connectivity index (χ2n) is 19.3. The van der Waals surface area contributed by atoms with E-state index in [1.165, 1.54) is 31.5 Å². The van der Waals surface area contributed by atoms with Crippen molar-refractivity contribution in [3.63, 3.8) is 0 Å². The molecule has 4 heterocycles. The van der Waals surface area contributed by atoms with Crippen LogP contribution in [0, 0.1) is 23.7 Å². The highest BCUT2D eigenvalue weighted by Gasteiger charge is 2.51. The average molecular weight is 980 g/mol. The van der Waals surface area contributed by atoms with Gasteiger partial charge in [0.25, 0.3) is 0 Å². The SMILES string of the molecule is CC[C@H]1OC(=O)C[C@@H](O)[C@H](C)[C@@H](O[C@@H]2O[C@H](C)[C@@H](O)C(N(C)C)C2O)[C@@H](CCN(C)Cc2cn(CC3O[C@H](C)[C@H](OC(C)=O)[C@@H](OC(C)=O)[C@@H]3OC(C)=O)nn2)C[C@@H](C)C(=O)/C=C/C(C)=C/[C@@H]1CO. The number of aromatic nitrogens is 3. The number of carbonyl (C=O) groups excluding carboxylic acids is 5. The zero-order valence-corrected chi connectivity index (χ0v) is 42.2. The summed E-state index contributed by atoms with van der Waals surface area (Å²) in [6.07, 6.45) is -5.02. The van der Waals surface area contributed by atoms with Gasteiger partial charge in [-0.25, -0.2) is 4.68 Å². The van der Waals surface area contributed by atoms with Crippen molar-refractivity contribution < 1.29 is 77.6 Å². The van der Waals surface area contributed by atoms with Gasteiger partial charge >= 0.3 is 23.9 Å². The van der Waals surface area contributed by atoms with Gasteiger partial charge in [0, 0.05) is 51.3 Å². The first-order valence-electron chi connectivity index (χ1n) is 23.9. The topological polar surface area (TPSA) is 268 Å². The Labute approximate surface area is 405 Å². The number of hydrogen-bond acceptors (Lipinski definition) is 20. The summed E-state index contributed by atoms with van der Waals surface area (Å²) in [6.45, 7) is 14.5. The molecule has 0 bridgehead atoms. The van der Waals surface area contributed by atoms with Crippen LogP contribution in [0.25, 0.3) is 0 Å². The maximum atomic E-state index is 13.8. The third-order valence-electron chi connectivity index (χ3n) is 13.2. The van der Waals surface area contributed by atoms with E-state index in [1.54, 1.807) is 65.0 Å². The minimum atomic E-state index is -1.32. The first-order valence-corrected chi connectivity index (χ1v) is 23.9. The van der Waals surface area contributed by atoms with Crippen molar-refractivity contribution in [3.05, 3.63) is 35.7 Å². The Morgan fingerprint density at radius 2 is 1.49 bits per heavy atom. The molecule has 2 fully saturated rings. The lowest BCUT2D eigenvalue weighted by atomic mass is 9.79. The molecule has 3 aliphatic heterocycles. The first-order chi connectivity index (χ1) is 32.4. The molecule has 21 heteroatoms. The molecular formula is C48H77N5O16. The van der Waals surface area contributed by atoms with E-state index >= 15 is 0 Å². The Kier molecular flexibility index (Phi) is 21.9. The van der Waals surface area contributed by atoms with Crippen LogP contribution in [0.4, 0.5) is 0 Å². The summed E-state index contributed by atoms with van der Waals surface area (Å²) >= 11 is 0. The van der Waals surface area contributed by atoms with E-state index in [4.69, 9.17) is 33.2 Å². The maximum absolute atomic E-state index is 13.8. The molecule has 2 saturated heterocycles. The number of allylic oxidation sites excluding steroid dienone is 3. The Bertz CT molecular complexity index is 1930. The minimum absolute atomic E-state index is 0.0224. The fourth-order valence-corrected chi connectivity index (χ4v) is 9.54. The largest absolute Gasteiger partial charge is 0.462 e. The molecule has 1 aromatic heterocycles. The van der Waals surface area contributed by atoms with Crippen LogP contribution in [-0.2, 0) is 70.2 Å². The van der Waals surface area contributed by atoms with Crippen LogP contribution < -0.4 is 0 Å². The Morgan fingerprint density at radius 3 is 2.10 bits per heavy atom. The van der Waals surface area contributed by atoms with Crippen molar-refractivity contribution in [1.29, 1.82) is 0 Å². The predicted octanol–water partition coefficient (Wildman–Crippen LogP) is 1.51. The number of hydrogen-bond donors (Lipinski definition) is 4. The molecule has 21 nitrogen and oxygen atoms in total. The molecule has 1 aromatic rings. The van der Waals surface area contributed by atoms with Gasteiger partial charge in [-0.1, -0.05) is 43.7 Å². The lowest BCUT2D eigenvalue weighted by Crippen LogP contribution is -2.63. The molecule has 69 heavy (non-hydrogen) atoms. The number of aliphatic hydroxyl groups excluding tert-OH is 4. The molecule has 4 rings (SSSR count). The van der Waals surface area contributed by atoms with Gasteiger partial charge in [-0.15, -0.1) is 5.10 Å². The highest BCUT2D eigenvalue weighted by atomic mass is 16.7. The third kappa shape index (κ3) is 16.2. The molecule has 3 aliphatic rings. The molecule has 3 unspecified atom stereocenters. The summed E-state index contributed by atoms with van der Waals surface area (Å²) in [6, 6.07) is -0.765. The van der Waals surface area contributed by atoms with Crippen molar-refractivity contribution in [2.45, 2.75) is 181 Å².